The Kier molecular flexibility index (Phi) is 5.20. The quantitative estimate of drug-likeness (QED) is 0.802. The molecule has 1 aromatic carbocycles. The predicted molar refractivity (Wildman–Crippen MR) is 102 cm³/mol. The van der Waals surface area contributed by atoms with E-state index in [9.17, 15) is 0 Å². The third-order valence-corrected chi connectivity index (χ3v) is 5.70. The Labute approximate surface area is 160 Å². The molecule has 0 unspecified atom stereocenters. The Hall–Kier alpha value is -2.28. The number of rotatable bonds is 5. The van der Waals surface area contributed by atoms with Crippen LogP contribution in [0.25, 0.3) is 0 Å². The van der Waals surface area contributed by atoms with E-state index in [0.717, 1.165) is 68.6 Å². The molecule has 0 amide bonds. The Bertz CT molecular complexity index is 818. The van der Waals surface area contributed by atoms with Gasteiger partial charge in [-0.3, -0.25) is 4.90 Å². The molecule has 0 spiro atoms. The van der Waals surface area contributed by atoms with Gasteiger partial charge >= 0.3 is 0 Å². The van der Waals surface area contributed by atoms with Gasteiger partial charge in [0.25, 0.3) is 0 Å². The first-order valence-corrected chi connectivity index (χ1v) is 9.69. The zero-order valence-corrected chi connectivity index (χ0v) is 16.5. The summed E-state index contributed by atoms with van der Waals surface area (Å²) in [4.78, 5) is 2.46. The summed E-state index contributed by atoms with van der Waals surface area (Å²) in [7, 11) is 5.02. The van der Waals surface area contributed by atoms with E-state index in [0.29, 0.717) is 5.75 Å². The van der Waals surface area contributed by atoms with Crippen molar-refractivity contribution >= 4 is 0 Å². The van der Waals surface area contributed by atoms with Crippen molar-refractivity contribution < 1.29 is 14.2 Å². The highest BCUT2D eigenvalue weighted by atomic mass is 16.5. The van der Waals surface area contributed by atoms with Crippen molar-refractivity contribution in [1.29, 1.82) is 0 Å². The summed E-state index contributed by atoms with van der Waals surface area (Å²) in [5.41, 5.74) is 2.50. The van der Waals surface area contributed by atoms with Crippen molar-refractivity contribution in [2.75, 3.05) is 34.4 Å². The molecular weight excluding hydrogens is 344 g/mol. The van der Waals surface area contributed by atoms with Gasteiger partial charge in [0.15, 0.2) is 11.5 Å². The number of ether oxygens (including phenoxy) is 3. The molecule has 3 heterocycles. The normalized spacial score (nSPS) is 17.0. The maximum Gasteiger partial charge on any atom is 0.203 e. The molecule has 0 atom stereocenters. The Morgan fingerprint density at radius 3 is 2.48 bits per heavy atom. The second-order valence-electron chi connectivity index (χ2n) is 7.20. The maximum atomic E-state index is 5.70. The molecule has 7 heteroatoms. The third kappa shape index (κ3) is 3.36. The van der Waals surface area contributed by atoms with Crippen LogP contribution in [0.3, 0.4) is 0 Å². The van der Waals surface area contributed by atoms with Gasteiger partial charge in [-0.05, 0) is 37.3 Å². The van der Waals surface area contributed by atoms with Crippen LogP contribution in [0.2, 0.25) is 0 Å². The van der Waals surface area contributed by atoms with Crippen LogP contribution in [-0.4, -0.2) is 54.1 Å². The fourth-order valence-electron chi connectivity index (χ4n) is 4.27. The highest BCUT2D eigenvalue weighted by Gasteiger charge is 2.25. The van der Waals surface area contributed by atoms with Crippen LogP contribution in [0.1, 0.15) is 35.6 Å². The van der Waals surface area contributed by atoms with Gasteiger partial charge in [-0.2, -0.15) is 0 Å². The van der Waals surface area contributed by atoms with E-state index < -0.39 is 0 Å². The van der Waals surface area contributed by atoms with Gasteiger partial charge in [0.2, 0.25) is 5.75 Å². The van der Waals surface area contributed by atoms with Crippen LogP contribution in [0.15, 0.2) is 6.07 Å². The number of hydrogen-bond donors (Lipinski definition) is 0. The van der Waals surface area contributed by atoms with Gasteiger partial charge in [-0.15, -0.1) is 10.2 Å². The molecule has 146 valence electrons. The van der Waals surface area contributed by atoms with Crippen molar-refractivity contribution in [3.8, 4) is 17.2 Å². The zero-order chi connectivity index (χ0) is 18.8. The van der Waals surface area contributed by atoms with E-state index >= 15 is 0 Å². The fourth-order valence-corrected chi connectivity index (χ4v) is 4.27. The topological polar surface area (TPSA) is 61.6 Å². The third-order valence-electron chi connectivity index (χ3n) is 5.70. The lowest BCUT2D eigenvalue weighted by Crippen LogP contribution is -2.28. The van der Waals surface area contributed by atoms with Crippen LogP contribution < -0.4 is 14.2 Å². The molecule has 27 heavy (non-hydrogen) atoms. The zero-order valence-electron chi connectivity index (χ0n) is 16.5. The van der Waals surface area contributed by atoms with Crippen LogP contribution >= 0.6 is 0 Å². The summed E-state index contributed by atoms with van der Waals surface area (Å²) in [5.74, 6) is 4.45. The summed E-state index contributed by atoms with van der Waals surface area (Å²) in [6.07, 6.45) is 5.36. The molecule has 0 bridgehead atoms. The minimum absolute atomic E-state index is 0.679. The van der Waals surface area contributed by atoms with Crippen molar-refractivity contribution in [1.82, 2.24) is 19.7 Å². The molecule has 4 rings (SSSR count). The molecule has 7 nitrogen and oxygen atoms in total. The lowest BCUT2D eigenvalue weighted by atomic mass is 10.0. The number of hydrogen-bond acceptors (Lipinski definition) is 6. The average molecular weight is 372 g/mol. The second-order valence-corrected chi connectivity index (χ2v) is 7.20. The fraction of sp³-hybridized carbons (Fsp3) is 0.600. The molecule has 2 aromatic rings. The summed E-state index contributed by atoms with van der Waals surface area (Å²) in [5, 5.41) is 8.86. The lowest BCUT2D eigenvalue weighted by molar-refractivity contribution is 0.265. The van der Waals surface area contributed by atoms with E-state index in [1.54, 1.807) is 21.3 Å². The number of nitrogens with zero attached hydrogens (tertiary/aromatic N) is 4. The van der Waals surface area contributed by atoms with Crippen molar-refractivity contribution in [2.45, 2.75) is 45.2 Å². The molecule has 0 radical (unpaired) electrons. The lowest BCUT2D eigenvalue weighted by Gasteiger charge is -2.21. The first-order valence-electron chi connectivity index (χ1n) is 9.69. The first kappa shape index (κ1) is 18.1. The molecule has 1 aromatic heterocycles. The summed E-state index contributed by atoms with van der Waals surface area (Å²) in [6.45, 7) is 3.83. The minimum atomic E-state index is 0.679. The van der Waals surface area contributed by atoms with Gasteiger partial charge in [-0.1, -0.05) is 0 Å². The van der Waals surface area contributed by atoms with Crippen LogP contribution in [0, 0.1) is 0 Å². The number of aryl methyl sites for hydroxylation is 1. The van der Waals surface area contributed by atoms with Gasteiger partial charge in [0.05, 0.1) is 27.9 Å². The molecule has 2 aliphatic rings. The number of benzene rings is 1. The highest BCUT2D eigenvalue weighted by molar-refractivity contribution is 5.59. The van der Waals surface area contributed by atoms with E-state index in [4.69, 9.17) is 14.2 Å². The predicted octanol–water partition coefficient (Wildman–Crippen LogP) is 2.24. The van der Waals surface area contributed by atoms with E-state index in [1.165, 1.54) is 24.0 Å². The van der Waals surface area contributed by atoms with Gasteiger partial charge in [0, 0.05) is 31.6 Å². The molecule has 0 fully saturated rings. The molecule has 0 N–H and O–H groups in total. The Balaban J connectivity index is 1.55. The molecule has 0 saturated carbocycles. The Morgan fingerprint density at radius 1 is 0.889 bits per heavy atom. The molecular formula is C20H28N4O3. The summed E-state index contributed by atoms with van der Waals surface area (Å²) in [6, 6.07) is 2.10. The largest absolute Gasteiger partial charge is 0.493 e. The van der Waals surface area contributed by atoms with Crippen LogP contribution in [0.5, 0.6) is 17.2 Å². The minimum Gasteiger partial charge on any atom is -0.493 e. The molecule has 0 saturated heterocycles. The maximum absolute atomic E-state index is 5.70. The van der Waals surface area contributed by atoms with Crippen LogP contribution in [0.4, 0.5) is 0 Å². The summed E-state index contributed by atoms with van der Waals surface area (Å²) < 4.78 is 19.1. The van der Waals surface area contributed by atoms with E-state index in [1.807, 2.05) is 0 Å². The van der Waals surface area contributed by atoms with Gasteiger partial charge in [0.1, 0.15) is 11.6 Å². The molecule has 2 aliphatic heterocycles. The smallest absolute Gasteiger partial charge is 0.203 e. The van der Waals surface area contributed by atoms with Gasteiger partial charge < -0.3 is 18.8 Å². The highest BCUT2D eigenvalue weighted by Crippen LogP contribution is 2.43. The standard InChI is InChI=1S/C20H28N4O3/c1-25-16-12-14-7-10-23(11-8-15(14)19(26-2)20(16)27-3)13-18-22-21-17-6-4-5-9-24(17)18/h12H,4-11,13H2,1-3H3. The first-order chi connectivity index (χ1) is 13.2. The van der Waals surface area contributed by atoms with E-state index in [-0.39, 0.29) is 0 Å². The van der Waals surface area contributed by atoms with Crippen LogP contribution in [-0.2, 0) is 32.4 Å². The second kappa shape index (κ2) is 7.76. The Morgan fingerprint density at radius 2 is 1.70 bits per heavy atom. The SMILES string of the molecule is COc1cc2c(c(OC)c1OC)CCN(Cc1nnc3n1CCCC3)CC2. The van der Waals surface area contributed by atoms with Gasteiger partial charge in [-0.25, -0.2) is 0 Å². The van der Waals surface area contributed by atoms with Crippen molar-refractivity contribution in [3.63, 3.8) is 0 Å². The monoisotopic (exact) mass is 372 g/mol. The average Bonchev–Trinajstić information content (AvgIpc) is 3.00. The molecule has 0 aliphatic carbocycles. The number of methoxy groups -OCH3 is 3. The number of fused-ring (bicyclic) bond motifs is 2. The van der Waals surface area contributed by atoms with Crippen molar-refractivity contribution in [3.05, 3.63) is 28.8 Å². The van der Waals surface area contributed by atoms with Crippen molar-refractivity contribution in [2.24, 2.45) is 0 Å². The number of aromatic nitrogens is 3. The van der Waals surface area contributed by atoms with E-state index in [2.05, 4.69) is 25.7 Å². The summed E-state index contributed by atoms with van der Waals surface area (Å²) >= 11 is 0.